The molecule has 0 fully saturated rings. The number of carbonyl (C=O) groups excluding carboxylic acids is 1. The van der Waals surface area contributed by atoms with Crippen LogP contribution in [0.25, 0.3) is 0 Å². The minimum absolute atomic E-state index is 0.0219. The van der Waals surface area contributed by atoms with Crippen LogP contribution in [0.1, 0.15) is 31.8 Å². The van der Waals surface area contributed by atoms with Crippen LogP contribution in [0, 0.1) is 23.3 Å². The van der Waals surface area contributed by atoms with Gasteiger partial charge in [0.05, 0.1) is 18.7 Å². The van der Waals surface area contributed by atoms with E-state index in [0.717, 1.165) is 28.8 Å². The molecule has 12 heteroatoms. The van der Waals surface area contributed by atoms with Crippen molar-refractivity contribution in [1.29, 1.82) is 0 Å². The normalized spacial score (nSPS) is 10.4. The molecule has 0 aliphatic heterocycles. The second kappa shape index (κ2) is 12.2. The second-order valence-corrected chi connectivity index (χ2v) is 8.13. The predicted molar refractivity (Wildman–Crippen MR) is 129 cm³/mol. The Kier molecular flexibility index (Phi) is 8.98. The fourth-order valence-corrected chi connectivity index (χ4v) is 3.45. The van der Waals surface area contributed by atoms with Crippen LogP contribution in [0.2, 0.25) is 0 Å². The van der Waals surface area contributed by atoms with Gasteiger partial charge in [-0.3, -0.25) is 14.4 Å². The number of carboxylic acids is 1. The summed E-state index contributed by atoms with van der Waals surface area (Å²) >= 11 is 5.27. The number of hydrogen-bond acceptors (Lipinski definition) is 4. The zero-order chi connectivity index (χ0) is 28.0. The number of halogens is 5. The van der Waals surface area contributed by atoms with Crippen LogP contribution in [0.5, 0.6) is 0 Å². The van der Waals surface area contributed by atoms with E-state index in [9.17, 15) is 36.7 Å². The summed E-state index contributed by atoms with van der Waals surface area (Å²) in [6, 6.07) is 12.0. The van der Waals surface area contributed by atoms with Gasteiger partial charge in [0.2, 0.25) is 0 Å². The van der Waals surface area contributed by atoms with Gasteiger partial charge in [-0.2, -0.15) is 0 Å². The zero-order valence-corrected chi connectivity index (χ0v) is 20.0. The lowest BCUT2D eigenvalue weighted by Gasteiger charge is -2.07. The van der Waals surface area contributed by atoms with Crippen LogP contribution in [0.4, 0.5) is 17.6 Å². The fourth-order valence-electron chi connectivity index (χ4n) is 3.30. The number of benzene rings is 2. The zero-order valence-electron chi connectivity index (χ0n) is 19.2. The van der Waals surface area contributed by atoms with Crippen molar-refractivity contribution in [2.45, 2.75) is 13.1 Å². The van der Waals surface area contributed by atoms with E-state index in [1.54, 1.807) is 0 Å². The van der Waals surface area contributed by atoms with Gasteiger partial charge in [-0.05, 0) is 71.3 Å². The van der Waals surface area contributed by atoms with Crippen molar-refractivity contribution >= 4 is 22.8 Å². The number of carbonyl (C=O) groups is 2. The summed E-state index contributed by atoms with van der Waals surface area (Å²) < 4.78 is 54.0. The summed E-state index contributed by atoms with van der Waals surface area (Å²) in [7, 11) is 0. The summed E-state index contributed by atoms with van der Waals surface area (Å²) in [4.78, 5) is 45.5. The number of carboxylic acid groups (broad SMARTS) is 1. The molecule has 0 saturated heterocycles. The van der Waals surface area contributed by atoms with E-state index in [-0.39, 0.29) is 24.2 Å². The molecular weight excluding hydrogens is 532 g/mol. The lowest BCUT2D eigenvalue weighted by molar-refractivity contribution is 0.0694. The van der Waals surface area contributed by atoms with E-state index in [4.69, 9.17) is 16.7 Å². The van der Waals surface area contributed by atoms with Gasteiger partial charge in [0.15, 0.2) is 23.3 Å². The molecule has 0 spiro atoms. The number of pyridine rings is 2. The first-order valence-electron chi connectivity index (χ1n) is 10.7. The van der Waals surface area contributed by atoms with Crippen molar-refractivity contribution in [3.05, 3.63) is 139 Å². The Labute approximate surface area is 216 Å². The lowest BCUT2D eigenvalue weighted by Crippen LogP contribution is -2.26. The Morgan fingerprint density at radius 3 is 1.50 bits per heavy atom. The van der Waals surface area contributed by atoms with Crippen molar-refractivity contribution in [3.8, 4) is 0 Å². The second-order valence-electron chi connectivity index (χ2n) is 7.79. The Balaban J connectivity index is 0.000000211. The summed E-state index contributed by atoms with van der Waals surface area (Å²) in [5, 5.41) is 7.96. The molecule has 0 atom stereocenters. The molecule has 0 radical (unpaired) electrons. The third-order valence-electron chi connectivity index (χ3n) is 5.16. The molecule has 0 amide bonds. The van der Waals surface area contributed by atoms with Gasteiger partial charge in [-0.15, -0.1) is 0 Å². The van der Waals surface area contributed by atoms with Gasteiger partial charge in [0.1, 0.15) is 5.56 Å². The van der Waals surface area contributed by atoms with E-state index in [1.165, 1.54) is 53.4 Å². The van der Waals surface area contributed by atoms with Gasteiger partial charge >= 0.3 is 5.97 Å². The Hall–Kier alpha value is -4.51. The number of rotatable bonds is 6. The molecule has 38 heavy (non-hydrogen) atoms. The molecule has 2 heterocycles. The largest absolute Gasteiger partial charge is 0.477 e. The first-order chi connectivity index (χ1) is 18.0. The Morgan fingerprint density at radius 2 is 1.11 bits per heavy atom. The molecule has 0 aliphatic rings. The van der Waals surface area contributed by atoms with E-state index >= 15 is 0 Å². The molecule has 0 unspecified atom stereocenters. The van der Waals surface area contributed by atoms with Crippen LogP contribution < -0.4 is 11.1 Å². The molecule has 0 saturated carbocycles. The average molecular weight is 549 g/mol. The smallest absolute Gasteiger partial charge is 0.341 e. The number of aromatic carboxylic acids is 1. The molecular formula is C26H17ClF4N2O5. The summed E-state index contributed by atoms with van der Waals surface area (Å²) in [5.74, 6) is -5.27. The first-order valence-corrected chi connectivity index (χ1v) is 11.1. The molecule has 0 bridgehead atoms. The molecule has 7 nitrogen and oxygen atoms in total. The highest BCUT2D eigenvalue weighted by Gasteiger charge is 2.12. The summed E-state index contributed by atoms with van der Waals surface area (Å²) in [5.41, 5.74) is -1.03. The first kappa shape index (κ1) is 28.1. The van der Waals surface area contributed by atoms with Crippen molar-refractivity contribution < 1.29 is 32.3 Å². The van der Waals surface area contributed by atoms with Crippen LogP contribution in [-0.2, 0) is 13.1 Å². The molecule has 0 aliphatic carbocycles. The van der Waals surface area contributed by atoms with Crippen LogP contribution >= 0.6 is 11.6 Å². The van der Waals surface area contributed by atoms with Gasteiger partial charge in [0.25, 0.3) is 16.4 Å². The maximum absolute atomic E-state index is 13.1. The third kappa shape index (κ3) is 6.83. The minimum Gasteiger partial charge on any atom is -0.477 e. The monoisotopic (exact) mass is 548 g/mol. The fraction of sp³-hybridized carbons (Fsp3) is 0.0769. The van der Waals surface area contributed by atoms with Crippen molar-refractivity contribution in [1.82, 2.24) is 9.13 Å². The minimum atomic E-state index is -1.33. The average Bonchev–Trinajstić information content (AvgIpc) is 2.86. The lowest BCUT2D eigenvalue weighted by atomic mass is 10.2. The number of aromatic nitrogens is 2. The van der Waals surface area contributed by atoms with Crippen LogP contribution in [0.3, 0.4) is 0 Å². The molecule has 196 valence electrons. The molecule has 2 aromatic heterocycles. The van der Waals surface area contributed by atoms with E-state index in [0.29, 0.717) is 11.1 Å². The van der Waals surface area contributed by atoms with E-state index in [2.05, 4.69) is 0 Å². The maximum atomic E-state index is 13.1. The standard InChI is InChI=1S/C13H8ClF2NO2.C13H9F2NO3/c14-12(18)9-2-1-5-17(13(9)19)7-8-3-4-10(15)11(16)6-8;14-10-4-3-8(6-11(10)15)7-16-5-1-2-9(12(16)17)13(18)19/h1-6H,7H2;1-6H,7H2,(H,18,19). The van der Waals surface area contributed by atoms with Crippen molar-refractivity contribution in [2.24, 2.45) is 0 Å². The molecule has 4 aromatic rings. The predicted octanol–water partition coefficient (Wildman–Crippen LogP) is 4.43. The quantitative estimate of drug-likeness (QED) is 0.284. The van der Waals surface area contributed by atoms with Gasteiger partial charge in [-0.25, -0.2) is 22.4 Å². The van der Waals surface area contributed by atoms with Gasteiger partial charge < -0.3 is 14.2 Å². The van der Waals surface area contributed by atoms with Crippen LogP contribution in [-0.4, -0.2) is 25.5 Å². The topological polar surface area (TPSA) is 98.4 Å². The van der Waals surface area contributed by atoms with Crippen molar-refractivity contribution in [3.63, 3.8) is 0 Å². The summed E-state index contributed by atoms with van der Waals surface area (Å²) in [6.45, 7) is -0.00873. The highest BCUT2D eigenvalue weighted by molar-refractivity contribution is 6.67. The van der Waals surface area contributed by atoms with Crippen LogP contribution in [0.15, 0.2) is 82.6 Å². The van der Waals surface area contributed by atoms with Crippen molar-refractivity contribution in [2.75, 3.05) is 0 Å². The Morgan fingerprint density at radius 1 is 0.684 bits per heavy atom. The molecule has 4 rings (SSSR count). The summed E-state index contributed by atoms with van der Waals surface area (Å²) in [6.07, 6.45) is 2.82. The Bertz CT molecular complexity index is 1510. The molecule has 2 aromatic carbocycles. The number of hydrogen-bond donors (Lipinski definition) is 1. The van der Waals surface area contributed by atoms with E-state index in [1.807, 2.05) is 0 Å². The van der Waals surface area contributed by atoms with Gasteiger partial charge in [0, 0.05) is 12.4 Å². The number of nitrogens with zero attached hydrogens (tertiary/aromatic N) is 2. The SMILES string of the molecule is O=C(Cl)c1cccn(Cc2ccc(F)c(F)c2)c1=O.O=C(O)c1cccn(Cc2ccc(F)c(F)c2)c1=O. The highest BCUT2D eigenvalue weighted by atomic mass is 35.5. The van der Waals surface area contributed by atoms with Gasteiger partial charge in [-0.1, -0.05) is 12.1 Å². The third-order valence-corrected chi connectivity index (χ3v) is 5.36. The maximum Gasteiger partial charge on any atom is 0.341 e. The van der Waals surface area contributed by atoms with E-state index < -0.39 is 45.6 Å². The highest BCUT2D eigenvalue weighted by Crippen LogP contribution is 2.11. The molecule has 1 N–H and O–H groups in total.